The third-order valence-electron chi connectivity index (χ3n) is 4.69. The molecular weight excluding hydrogens is 412 g/mol. The van der Waals surface area contributed by atoms with E-state index >= 15 is 0 Å². The number of pyridine rings is 2. The molecule has 31 heavy (non-hydrogen) atoms. The van der Waals surface area contributed by atoms with E-state index in [-0.39, 0.29) is 7.43 Å². The topological polar surface area (TPSA) is 72.9 Å². The van der Waals surface area contributed by atoms with Crippen LogP contribution in [0.2, 0.25) is 5.15 Å². The second-order valence-corrected chi connectivity index (χ2v) is 7.27. The molecule has 0 spiro atoms. The highest BCUT2D eigenvalue weighted by Gasteiger charge is 2.16. The Balaban J connectivity index is 0.00000272. The van der Waals surface area contributed by atoms with Crippen molar-refractivity contribution in [1.29, 1.82) is 0 Å². The third-order valence-corrected chi connectivity index (χ3v) is 4.92. The second-order valence-electron chi connectivity index (χ2n) is 6.89. The number of nitrogens with one attached hydrogen (secondary N) is 1. The van der Waals surface area contributed by atoms with Crippen LogP contribution in [0.5, 0.6) is 11.5 Å². The van der Waals surface area contributed by atoms with Crippen LogP contribution in [0.25, 0.3) is 22.6 Å². The minimum atomic E-state index is 0. The first kappa shape index (κ1) is 22.3. The zero-order valence-electron chi connectivity index (χ0n) is 16.9. The molecule has 160 valence electrons. The Labute approximate surface area is 187 Å². The van der Waals surface area contributed by atoms with Crippen LogP contribution in [0.3, 0.4) is 0 Å². The molecule has 4 rings (SSSR count). The summed E-state index contributed by atoms with van der Waals surface area (Å²) in [6.07, 6.45) is 3.51. The van der Waals surface area contributed by atoms with E-state index in [4.69, 9.17) is 26.1 Å². The molecule has 0 bridgehead atoms. The lowest BCUT2D eigenvalue weighted by molar-refractivity contribution is 0.303. The standard InChI is InChI=1S/C23H21ClN4O2.CH4/c1-14-4-5-16(11-25-14)13-30-18-7-8-19(20(10-18)29-3)22-15(2)27-23(28-22)17-6-9-21(24)26-12-17;/h4-12H,13H2,1-3H3,(H,27,28);1H4. The third kappa shape index (κ3) is 5.03. The van der Waals surface area contributed by atoms with Crippen LogP contribution in [-0.4, -0.2) is 27.0 Å². The highest BCUT2D eigenvalue weighted by Crippen LogP contribution is 2.35. The molecule has 0 saturated heterocycles. The van der Waals surface area contributed by atoms with Gasteiger partial charge in [0.25, 0.3) is 0 Å². The van der Waals surface area contributed by atoms with Crippen LogP contribution >= 0.6 is 11.6 Å². The highest BCUT2D eigenvalue weighted by atomic mass is 35.5. The molecule has 0 radical (unpaired) electrons. The number of ether oxygens (including phenoxy) is 2. The van der Waals surface area contributed by atoms with Gasteiger partial charge < -0.3 is 14.5 Å². The first-order chi connectivity index (χ1) is 14.5. The van der Waals surface area contributed by atoms with Crippen molar-refractivity contribution in [1.82, 2.24) is 19.9 Å². The molecule has 4 aromatic rings. The van der Waals surface area contributed by atoms with Gasteiger partial charge >= 0.3 is 0 Å². The van der Waals surface area contributed by atoms with E-state index in [1.807, 2.05) is 56.4 Å². The monoisotopic (exact) mass is 436 g/mol. The minimum Gasteiger partial charge on any atom is -0.496 e. The summed E-state index contributed by atoms with van der Waals surface area (Å²) in [5.41, 5.74) is 5.47. The number of benzene rings is 1. The average Bonchev–Trinajstić information content (AvgIpc) is 3.15. The molecule has 6 nitrogen and oxygen atoms in total. The maximum Gasteiger partial charge on any atom is 0.139 e. The molecule has 7 heteroatoms. The number of halogens is 1. The summed E-state index contributed by atoms with van der Waals surface area (Å²) in [6.45, 7) is 4.37. The number of aromatic nitrogens is 4. The van der Waals surface area contributed by atoms with E-state index in [1.165, 1.54) is 0 Å². The first-order valence-electron chi connectivity index (χ1n) is 9.45. The Morgan fingerprint density at radius 2 is 1.84 bits per heavy atom. The summed E-state index contributed by atoms with van der Waals surface area (Å²) in [4.78, 5) is 16.5. The van der Waals surface area contributed by atoms with Crippen molar-refractivity contribution in [2.45, 2.75) is 27.9 Å². The fraction of sp³-hybridized carbons (Fsp3) is 0.208. The van der Waals surface area contributed by atoms with Gasteiger partial charge in [-0.3, -0.25) is 4.98 Å². The Kier molecular flexibility index (Phi) is 6.92. The van der Waals surface area contributed by atoms with Crippen molar-refractivity contribution in [2.75, 3.05) is 7.11 Å². The summed E-state index contributed by atoms with van der Waals surface area (Å²) >= 11 is 5.88. The number of imidazole rings is 1. The van der Waals surface area contributed by atoms with Gasteiger partial charge in [-0.2, -0.15) is 0 Å². The van der Waals surface area contributed by atoms with E-state index in [9.17, 15) is 0 Å². The predicted octanol–water partition coefficient (Wildman–Crippen LogP) is 6.03. The van der Waals surface area contributed by atoms with Gasteiger partial charge in [-0.05, 0) is 44.2 Å². The number of methoxy groups -OCH3 is 1. The number of nitrogens with zero attached hydrogens (tertiary/aromatic N) is 3. The van der Waals surface area contributed by atoms with Gasteiger partial charge in [0.2, 0.25) is 0 Å². The minimum absolute atomic E-state index is 0. The summed E-state index contributed by atoms with van der Waals surface area (Å²) < 4.78 is 11.5. The van der Waals surface area contributed by atoms with Crippen molar-refractivity contribution < 1.29 is 9.47 Å². The number of H-pyrrole nitrogens is 1. The van der Waals surface area contributed by atoms with Crippen LogP contribution < -0.4 is 9.47 Å². The molecule has 0 unspecified atom stereocenters. The van der Waals surface area contributed by atoms with Crippen molar-refractivity contribution in [2.24, 2.45) is 0 Å². The molecule has 3 heterocycles. The van der Waals surface area contributed by atoms with Gasteiger partial charge in [0, 0.05) is 46.5 Å². The highest BCUT2D eigenvalue weighted by molar-refractivity contribution is 6.29. The Morgan fingerprint density at radius 1 is 1.00 bits per heavy atom. The van der Waals surface area contributed by atoms with Crippen LogP contribution in [0.4, 0.5) is 0 Å². The largest absolute Gasteiger partial charge is 0.496 e. The van der Waals surface area contributed by atoms with Gasteiger partial charge in [-0.1, -0.05) is 25.1 Å². The summed E-state index contributed by atoms with van der Waals surface area (Å²) in [7, 11) is 1.64. The van der Waals surface area contributed by atoms with Crippen molar-refractivity contribution in [3.63, 3.8) is 0 Å². The van der Waals surface area contributed by atoms with Gasteiger partial charge in [-0.25, -0.2) is 9.97 Å². The molecule has 0 atom stereocenters. The normalized spacial score (nSPS) is 10.5. The van der Waals surface area contributed by atoms with Crippen molar-refractivity contribution >= 4 is 11.6 Å². The van der Waals surface area contributed by atoms with E-state index in [0.717, 1.165) is 39.6 Å². The molecule has 3 aromatic heterocycles. The Hall–Kier alpha value is -3.38. The quantitative estimate of drug-likeness (QED) is 0.373. The van der Waals surface area contributed by atoms with E-state index in [2.05, 4.69) is 15.0 Å². The molecule has 0 saturated carbocycles. The fourth-order valence-electron chi connectivity index (χ4n) is 3.08. The molecule has 0 aliphatic rings. The molecule has 0 fully saturated rings. The van der Waals surface area contributed by atoms with Crippen LogP contribution in [0, 0.1) is 13.8 Å². The van der Waals surface area contributed by atoms with E-state index in [1.54, 1.807) is 19.4 Å². The lowest BCUT2D eigenvalue weighted by atomic mass is 10.1. The first-order valence-corrected chi connectivity index (χ1v) is 9.82. The van der Waals surface area contributed by atoms with Crippen molar-refractivity contribution in [3.8, 4) is 34.1 Å². The number of aryl methyl sites for hydroxylation is 2. The maximum atomic E-state index is 5.91. The summed E-state index contributed by atoms with van der Waals surface area (Å²) in [6, 6.07) is 13.3. The summed E-state index contributed by atoms with van der Waals surface area (Å²) in [5.74, 6) is 2.12. The number of rotatable bonds is 6. The van der Waals surface area contributed by atoms with Crippen molar-refractivity contribution in [3.05, 3.63) is 77.0 Å². The van der Waals surface area contributed by atoms with E-state index < -0.39 is 0 Å². The average molecular weight is 437 g/mol. The molecule has 1 aromatic carbocycles. The Bertz CT molecular complexity index is 1160. The number of hydrogen-bond donors (Lipinski definition) is 1. The molecular formula is C24H25ClN4O2. The van der Waals surface area contributed by atoms with Gasteiger partial charge in [0.05, 0.1) is 12.8 Å². The van der Waals surface area contributed by atoms with Crippen LogP contribution in [-0.2, 0) is 6.61 Å². The predicted molar refractivity (Wildman–Crippen MR) is 124 cm³/mol. The molecule has 0 amide bonds. The lowest BCUT2D eigenvalue weighted by Gasteiger charge is -2.11. The van der Waals surface area contributed by atoms with E-state index in [0.29, 0.717) is 23.3 Å². The van der Waals surface area contributed by atoms with Gasteiger partial charge in [0.15, 0.2) is 0 Å². The van der Waals surface area contributed by atoms with Gasteiger partial charge in [-0.15, -0.1) is 0 Å². The maximum absolute atomic E-state index is 5.91. The van der Waals surface area contributed by atoms with Crippen LogP contribution in [0.1, 0.15) is 24.4 Å². The van der Waals surface area contributed by atoms with Crippen LogP contribution in [0.15, 0.2) is 54.9 Å². The second kappa shape index (κ2) is 9.62. The van der Waals surface area contributed by atoms with Gasteiger partial charge in [0.1, 0.15) is 29.1 Å². The Morgan fingerprint density at radius 3 is 2.52 bits per heavy atom. The number of hydrogen-bond acceptors (Lipinski definition) is 5. The fourth-order valence-corrected chi connectivity index (χ4v) is 3.19. The molecule has 0 aliphatic heterocycles. The smallest absolute Gasteiger partial charge is 0.139 e. The zero-order valence-corrected chi connectivity index (χ0v) is 17.7. The lowest BCUT2D eigenvalue weighted by Crippen LogP contribution is -1.98. The number of aromatic amines is 1. The zero-order chi connectivity index (χ0) is 21.1. The SMILES string of the molecule is C.COc1cc(OCc2ccc(C)nc2)ccc1-c1nc(-c2ccc(Cl)nc2)[nH]c1C. The summed E-state index contributed by atoms with van der Waals surface area (Å²) in [5, 5.41) is 0.445. The molecule has 0 aliphatic carbocycles. The molecule has 1 N–H and O–H groups in total.